The second-order valence-corrected chi connectivity index (χ2v) is 7.82. The summed E-state index contributed by atoms with van der Waals surface area (Å²) in [5.41, 5.74) is 3.38. The molecule has 1 amide bonds. The van der Waals surface area contributed by atoms with Gasteiger partial charge in [-0.05, 0) is 60.7 Å². The fourth-order valence-corrected chi connectivity index (χ4v) is 4.39. The lowest BCUT2D eigenvalue weighted by Crippen LogP contribution is -2.39. The molecule has 2 N–H and O–H groups in total. The Hall–Kier alpha value is -2.86. The average Bonchev–Trinajstić information content (AvgIpc) is 2.94. The first-order valence-corrected chi connectivity index (χ1v) is 9.83. The van der Waals surface area contributed by atoms with Gasteiger partial charge in [0.25, 0.3) is 0 Å². The highest BCUT2D eigenvalue weighted by atomic mass is 35.5. The van der Waals surface area contributed by atoms with E-state index in [0.717, 1.165) is 22.2 Å². The van der Waals surface area contributed by atoms with Gasteiger partial charge in [-0.15, -0.1) is 0 Å². The van der Waals surface area contributed by atoms with Crippen LogP contribution in [-0.2, 0) is 35.4 Å². The molecule has 7 heteroatoms. The van der Waals surface area contributed by atoms with Crippen molar-refractivity contribution < 1.29 is 19.1 Å². The molecule has 29 heavy (non-hydrogen) atoms. The minimum absolute atomic E-state index is 0.0821. The van der Waals surface area contributed by atoms with Gasteiger partial charge >= 0.3 is 5.97 Å². The maximum absolute atomic E-state index is 13.9. The number of amides is 1. The molecule has 0 bridgehead atoms. The van der Waals surface area contributed by atoms with Crippen LogP contribution in [0.2, 0.25) is 5.02 Å². The molecule has 2 aromatic carbocycles. The normalized spacial score (nSPS) is 15.9. The number of carbonyl (C=O) groups excluding carboxylic acids is 1. The zero-order valence-corrected chi connectivity index (χ0v) is 16.4. The van der Waals surface area contributed by atoms with Crippen LogP contribution in [0.4, 0.5) is 4.39 Å². The Kier molecular flexibility index (Phi) is 5.28. The Labute approximate surface area is 172 Å². The van der Waals surface area contributed by atoms with Crippen LogP contribution in [0.15, 0.2) is 42.5 Å². The summed E-state index contributed by atoms with van der Waals surface area (Å²) in [5.74, 6) is -1.40. The standard InChI is InChI=1S/C22H20ClFN2O3/c23-14-3-1-2-13(8-14)9-21(27)25-16-5-7-20-18(11-16)17-10-15(24)4-6-19(17)26(20)12-22(28)29/h1-4,6,8,10,16H,5,7,9,11-12H2,(H,25,27)(H,28,29)/t16-/m1/s1. The van der Waals surface area contributed by atoms with E-state index < -0.39 is 5.97 Å². The lowest BCUT2D eigenvalue weighted by Gasteiger charge is -2.25. The van der Waals surface area contributed by atoms with Gasteiger partial charge in [0.1, 0.15) is 12.4 Å². The van der Waals surface area contributed by atoms with Gasteiger partial charge in [0.15, 0.2) is 0 Å². The fourth-order valence-electron chi connectivity index (χ4n) is 4.17. The molecule has 0 fully saturated rings. The van der Waals surface area contributed by atoms with Gasteiger partial charge in [-0.2, -0.15) is 0 Å². The van der Waals surface area contributed by atoms with Crippen molar-refractivity contribution in [3.8, 4) is 0 Å². The Morgan fingerprint density at radius 3 is 2.83 bits per heavy atom. The first-order chi connectivity index (χ1) is 13.9. The lowest BCUT2D eigenvalue weighted by atomic mass is 9.91. The number of carboxylic acids is 1. The summed E-state index contributed by atoms with van der Waals surface area (Å²) in [6, 6.07) is 11.5. The van der Waals surface area contributed by atoms with Crippen molar-refractivity contribution in [1.82, 2.24) is 9.88 Å². The molecule has 4 rings (SSSR count). The number of carbonyl (C=O) groups is 2. The van der Waals surface area contributed by atoms with E-state index in [4.69, 9.17) is 11.6 Å². The molecule has 5 nitrogen and oxygen atoms in total. The number of nitrogens with zero attached hydrogens (tertiary/aromatic N) is 1. The molecule has 0 radical (unpaired) electrons. The van der Waals surface area contributed by atoms with Crippen LogP contribution in [0.25, 0.3) is 10.9 Å². The quantitative estimate of drug-likeness (QED) is 0.668. The van der Waals surface area contributed by atoms with Crippen molar-refractivity contribution in [1.29, 1.82) is 0 Å². The molecule has 1 heterocycles. The second-order valence-electron chi connectivity index (χ2n) is 7.38. The van der Waals surface area contributed by atoms with E-state index >= 15 is 0 Å². The number of hydrogen-bond donors (Lipinski definition) is 2. The molecule has 150 valence electrons. The largest absolute Gasteiger partial charge is 0.480 e. The van der Waals surface area contributed by atoms with Crippen LogP contribution in [0, 0.1) is 5.82 Å². The minimum Gasteiger partial charge on any atom is -0.480 e. The molecule has 0 saturated carbocycles. The number of halogens is 2. The molecule has 1 aliphatic rings. The van der Waals surface area contributed by atoms with E-state index in [2.05, 4.69) is 5.32 Å². The Morgan fingerprint density at radius 1 is 1.24 bits per heavy atom. The lowest BCUT2D eigenvalue weighted by molar-refractivity contribution is -0.137. The number of hydrogen-bond acceptors (Lipinski definition) is 2. The number of fused-ring (bicyclic) bond motifs is 3. The molecule has 0 aliphatic heterocycles. The molecular weight excluding hydrogens is 395 g/mol. The van der Waals surface area contributed by atoms with Crippen LogP contribution in [0.1, 0.15) is 23.2 Å². The van der Waals surface area contributed by atoms with Crippen LogP contribution < -0.4 is 5.32 Å². The summed E-state index contributed by atoms with van der Waals surface area (Å²) in [6.07, 6.45) is 2.11. The summed E-state index contributed by atoms with van der Waals surface area (Å²) >= 11 is 5.98. The van der Waals surface area contributed by atoms with Crippen molar-refractivity contribution in [3.05, 3.63) is 70.1 Å². The predicted octanol–water partition coefficient (Wildman–Crippen LogP) is 3.73. The summed E-state index contributed by atoms with van der Waals surface area (Å²) in [5, 5.41) is 13.6. The van der Waals surface area contributed by atoms with Crippen molar-refractivity contribution in [2.75, 3.05) is 0 Å². The van der Waals surface area contributed by atoms with Gasteiger partial charge in [-0.25, -0.2) is 4.39 Å². The molecule has 0 unspecified atom stereocenters. The molecular formula is C22H20ClFN2O3. The SMILES string of the molecule is O=C(O)Cn1c2c(c3cc(F)ccc31)C[C@H](NC(=O)Cc1cccc(Cl)c1)CC2. The van der Waals surface area contributed by atoms with Crippen LogP contribution in [-0.4, -0.2) is 27.6 Å². The first-order valence-electron chi connectivity index (χ1n) is 9.46. The van der Waals surface area contributed by atoms with Crippen LogP contribution >= 0.6 is 11.6 Å². The number of benzene rings is 2. The molecule has 1 atom stereocenters. The topological polar surface area (TPSA) is 71.3 Å². The van der Waals surface area contributed by atoms with Gasteiger partial charge in [-0.1, -0.05) is 23.7 Å². The van der Waals surface area contributed by atoms with E-state index in [9.17, 15) is 19.1 Å². The number of aromatic nitrogens is 1. The smallest absolute Gasteiger partial charge is 0.323 e. The van der Waals surface area contributed by atoms with E-state index in [-0.39, 0.29) is 30.7 Å². The summed E-state index contributed by atoms with van der Waals surface area (Å²) in [4.78, 5) is 23.8. The van der Waals surface area contributed by atoms with Gasteiger partial charge < -0.3 is 15.0 Å². The number of carboxylic acid groups (broad SMARTS) is 1. The van der Waals surface area contributed by atoms with Crippen molar-refractivity contribution >= 4 is 34.4 Å². The number of rotatable bonds is 5. The number of aliphatic carboxylic acids is 1. The summed E-state index contributed by atoms with van der Waals surface area (Å²) < 4.78 is 15.6. The maximum atomic E-state index is 13.9. The highest BCUT2D eigenvalue weighted by Gasteiger charge is 2.27. The third-order valence-corrected chi connectivity index (χ3v) is 5.58. The zero-order valence-electron chi connectivity index (χ0n) is 15.6. The maximum Gasteiger partial charge on any atom is 0.323 e. The Balaban J connectivity index is 1.56. The van der Waals surface area contributed by atoms with E-state index in [1.807, 2.05) is 12.1 Å². The fraction of sp³-hybridized carbons (Fsp3) is 0.273. The summed E-state index contributed by atoms with van der Waals surface area (Å²) in [7, 11) is 0. The van der Waals surface area contributed by atoms with E-state index in [1.165, 1.54) is 12.1 Å². The molecule has 0 spiro atoms. The minimum atomic E-state index is -0.939. The van der Waals surface area contributed by atoms with Gasteiger partial charge in [0.2, 0.25) is 5.91 Å². The van der Waals surface area contributed by atoms with Gasteiger partial charge in [0.05, 0.1) is 6.42 Å². The Bertz CT molecular complexity index is 1110. The van der Waals surface area contributed by atoms with Crippen molar-refractivity contribution in [2.24, 2.45) is 0 Å². The monoisotopic (exact) mass is 414 g/mol. The van der Waals surface area contributed by atoms with E-state index in [1.54, 1.807) is 22.8 Å². The highest BCUT2D eigenvalue weighted by molar-refractivity contribution is 6.30. The van der Waals surface area contributed by atoms with Crippen molar-refractivity contribution in [2.45, 2.75) is 38.3 Å². The number of nitrogens with one attached hydrogen (secondary N) is 1. The molecule has 1 aliphatic carbocycles. The van der Waals surface area contributed by atoms with Gasteiger partial charge in [-0.3, -0.25) is 9.59 Å². The third kappa shape index (κ3) is 4.12. The third-order valence-electron chi connectivity index (χ3n) is 5.34. The second kappa shape index (κ2) is 7.87. The van der Waals surface area contributed by atoms with Crippen molar-refractivity contribution in [3.63, 3.8) is 0 Å². The van der Waals surface area contributed by atoms with Crippen LogP contribution in [0.5, 0.6) is 0 Å². The van der Waals surface area contributed by atoms with Crippen LogP contribution in [0.3, 0.4) is 0 Å². The zero-order chi connectivity index (χ0) is 20.5. The molecule has 0 saturated heterocycles. The molecule has 3 aromatic rings. The Morgan fingerprint density at radius 2 is 2.07 bits per heavy atom. The molecule has 1 aromatic heterocycles. The first kappa shape index (κ1) is 19.5. The van der Waals surface area contributed by atoms with E-state index in [0.29, 0.717) is 29.8 Å². The van der Waals surface area contributed by atoms with Gasteiger partial charge in [0, 0.05) is 27.7 Å². The predicted molar refractivity (Wildman–Crippen MR) is 109 cm³/mol. The highest BCUT2D eigenvalue weighted by Crippen LogP contribution is 2.33. The summed E-state index contributed by atoms with van der Waals surface area (Å²) in [6.45, 7) is -0.163. The average molecular weight is 415 g/mol.